The average Bonchev–Trinajstić information content (AvgIpc) is 2.52. The second-order valence-electron chi connectivity index (χ2n) is 3.71. The highest BCUT2D eigenvalue weighted by Crippen LogP contribution is 2.25. The maximum atomic E-state index is 3.57. The molecule has 1 aromatic heterocycles. The lowest BCUT2D eigenvalue weighted by molar-refractivity contribution is 0.513. The van der Waals surface area contributed by atoms with Crippen molar-refractivity contribution in [3.8, 4) is 0 Å². The molecule has 1 unspecified atom stereocenters. The molecular weight excluding hydrogens is 258 g/mol. The first kappa shape index (κ1) is 12.2. The second kappa shape index (κ2) is 6.59. The highest BCUT2D eigenvalue weighted by molar-refractivity contribution is 9.10. The molecule has 0 aromatic carbocycles. The van der Waals surface area contributed by atoms with E-state index in [2.05, 4.69) is 46.5 Å². The molecule has 0 saturated heterocycles. The molecule has 0 bridgehead atoms. The van der Waals surface area contributed by atoms with Crippen LogP contribution in [0.15, 0.2) is 15.9 Å². The van der Waals surface area contributed by atoms with Gasteiger partial charge in [0, 0.05) is 9.35 Å². The van der Waals surface area contributed by atoms with Crippen LogP contribution in [0, 0.1) is 5.92 Å². The summed E-state index contributed by atoms with van der Waals surface area (Å²) in [5.41, 5.74) is 0. The predicted octanol–water partition coefficient (Wildman–Crippen LogP) is 3.69. The molecule has 0 amide bonds. The maximum Gasteiger partial charge on any atom is 0.0314 e. The van der Waals surface area contributed by atoms with E-state index in [0.717, 1.165) is 19.0 Å². The van der Waals surface area contributed by atoms with Gasteiger partial charge in [0.1, 0.15) is 0 Å². The van der Waals surface area contributed by atoms with E-state index in [1.54, 1.807) is 0 Å². The van der Waals surface area contributed by atoms with Crippen LogP contribution in [0.1, 0.15) is 25.1 Å². The minimum atomic E-state index is 0.719. The summed E-state index contributed by atoms with van der Waals surface area (Å²) in [4.78, 5) is 1.47. The summed E-state index contributed by atoms with van der Waals surface area (Å²) < 4.78 is 1.27. The van der Waals surface area contributed by atoms with Gasteiger partial charge in [-0.05, 0) is 59.2 Å². The molecule has 1 heterocycles. The van der Waals surface area contributed by atoms with Gasteiger partial charge >= 0.3 is 0 Å². The number of nitrogens with one attached hydrogen (secondary N) is 1. The molecule has 0 aliphatic carbocycles. The molecule has 14 heavy (non-hydrogen) atoms. The Morgan fingerprint density at radius 2 is 2.36 bits per heavy atom. The van der Waals surface area contributed by atoms with Gasteiger partial charge in [0.05, 0.1) is 0 Å². The minimum Gasteiger partial charge on any atom is -0.316 e. The Morgan fingerprint density at radius 1 is 1.57 bits per heavy atom. The summed E-state index contributed by atoms with van der Waals surface area (Å²) in [6.45, 7) is 6.76. The SMILES string of the molecule is CCCNCC(C)Cc1sccc1Br. The topological polar surface area (TPSA) is 12.0 Å². The zero-order chi connectivity index (χ0) is 10.4. The van der Waals surface area contributed by atoms with Crippen molar-refractivity contribution in [3.05, 3.63) is 20.8 Å². The number of rotatable bonds is 6. The Hall–Kier alpha value is 0.140. The van der Waals surface area contributed by atoms with Crippen molar-refractivity contribution in [2.45, 2.75) is 26.7 Å². The standard InChI is InChI=1S/C11H18BrNS/c1-3-5-13-8-9(2)7-11-10(12)4-6-14-11/h4,6,9,13H,3,5,7-8H2,1-2H3. The van der Waals surface area contributed by atoms with Gasteiger partial charge in [0.15, 0.2) is 0 Å². The van der Waals surface area contributed by atoms with Crippen LogP contribution in [0.25, 0.3) is 0 Å². The third-order valence-corrected chi connectivity index (χ3v) is 4.09. The van der Waals surface area contributed by atoms with Crippen LogP contribution in [0.4, 0.5) is 0 Å². The quantitative estimate of drug-likeness (QED) is 0.781. The highest BCUT2D eigenvalue weighted by Gasteiger charge is 2.07. The molecule has 3 heteroatoms. The number of thiophene rings is 1. The zero-order valence-electron chi connectivity index (χ0n) is 8.85. The molecule has 80 valence electrons. The van der Waals surface area contributed by atoms with Crippen LogP contribution < -0.4 is 5.32 Å². The number of halogens is 1. The Kier molecular flexibility index (Phi) is 5.75. The van der Waals surface area contributed by atoms with Crippen molar-refractivity contribution in [1.82, 2.24) is 5.32 Å². The molecule has 0 saturated carbocycles. The summed E-state index contributed by atoms with van der Waals surface area (Å²) >= 11 is 5.41. The Morgan fingerprint density at radius 3 is 2.93 bits per heavy atom. The van der Waals surface area contributed by atoms with Crippen LogP contribution in [0.5, 0.6) is 0 Å². The molecule has 0 fully saturated rings. The van der Waals surface area contributed by atoms with Crippen LogP contribution in [0.3, 0.4) is 0 Å². The largest absolute Gasteiger partial charge is 0.316 e. The van der Waals surface area contributed by atoms with Gasteiger partial charge in [0.25, 0.3) is 0 Å². The fourth-order valence-electron chi connectivity index (χ4n) is 1.38. The van der Waals surface area contributed by atoms with Gasteiger partial charge in [-0.2, -0.15) is 0 Å². The van der Waals surface area contributed by atoms with Gasteiger partial charge in [-0.15, -0.1) is 11.3 Å². The van der Waals surface area contributed by atoms with E-state index < -0.39 is 0 Å². The molecule has 1 rings (SSSR count). The molecule has 0 spiro atoms. The van der Waals surface area contributed by atoms with Crippen molar-refractivity contribution in [2.24, 2.45) is 5.92 Å². The van der Waals surface area contributed by atoms with Crippen molar-refractivity contribution < 1.29 is 0 Å². The third kappa shape index (κ3) is 4.11. The Balaban J connectivity index is 2.27. The van der Waals surface area contributed by atoms with E-state index in [1.807, 2.05) is 11.3 Å². The maximum absolute atomic E-state index is 3.57. The summed E-state index contributed by atoms with van der Waals surface area (Å²) in [5, 5.41) is 5.60. The molecule has 1 nitrogen and oxygen atoms in total. The van der Waals surface area contributed by atoms with Crippen LogP contribution in [0.2, 0.25) is 0 Å². The lowest BCUT2D eigenvalue weighted by atomic mass is 10.1. The van der Waals surface area contributed by atoms with E-state index in [4.69, 9.17) is 0 Å². The predicted molar refractivity (Wildman–Crippen MR) is 68.0 cm³/mol. The highest BCUT2D eigenvalue weighted by atomic mass is 79.9. The summed E-state index contributed by atoms with van der Waals surface area (Å²) in [7, 11) is 0. The minimum absolute atomic E-state index is 0.719. The second-order valence-corrected chi connectivity index (χ2v) is 5.56. The first-order valence-corrected chi connectivity index (χ1v) is 6.84. The summed E-state index contributed by atoms with van der Waals surface area (Å²) in [6.07, 6.45) is 2.39. The third-order valence-electron chi connectivity index (χ3n) is 2.14. The molecule has 1 atom stereocenters. The molecule has 0 aliphatic heterocycles. The van der Waals surface area contributed by atoms with E-state index >= 15 is 0 Å². The van der Waals surface area contributed by atoms with Crippen LogP contribution in [-0.2, 0) is 6.42 Å². The molecule has 0 aliphatic rings. The number of hydrogen-bond donors (Lipinski definition) is 1. The van der Waals surface area contributed by atoms with Crippen molar-refractivity contribution in [3.63, 3.8) is 0 Å². The first-order chi connectivity index (χ1) is 6.74. The zero-order valence-corrected chi connectivity index (χ0v) is 11.2. The summed E-state index contributed by atoms with van der Waals surface area (Å²) in [6, 6.07) is 2.13. The lowest BCUT2D eigenvalue weighted by Gasteiger charge is -2.11. The normalized spacial score (nSPS) is 13.1. The van der Waals surface area contributed by atoms with E-state index in [9.17, 15) is 0 Å². The van der Waals surface area contributed by atoms with E-state index in [-0.39, 0.29) is 0 Å². The van der Waals surface area contributed by atoms with Gasteiger partial charge < -0.3 is 5.32 Å². The molecule has 1 aromatic rings. The van der Waals surface area contributed by atoms with Crippen molar-refractivity contribution in [1.29, 1.82) is 0 Å². The average molecular weight is 276 g/mol. The van der Waals surface area contributed by atoms with Gasteiger partial charge in [-0.25, -0.2) is 0 Å². The van der Waals surface area contributed by atoms with Crippen molar-refractivity contribution in [2.75, 3.05) is 13.1 Å². The van der Waals surface area contributed by atoms with Gasteiger partial charge in [0.2, 0.25) is 0 Å². The van der Waals surface area contributed by atoms with Gasteiger partial charge in [-0.1, -0.05) is 13.8 Å². The fraction of sp³-hybridized carbons (Fsp3) is 0.636. The Labute approximate surface area is 99.0 Å². The lowest BCUT2D eigenvalue weighted by Crippen LogP contribution is -2.22. The van der Waals surface area contributed by atoms with Crippen molar-refractivity contribution >= 4 is 27.3 Å². The van der Waals surface area contributed by atoms with Crippen LogP contribution in [-0.4, -0.2) is 13.1 Å². The summed E-state index contributed by atoms with van der Waals surface area (Å²) in [5.74, 6) is 0.719. The molecular formula is C11H18BrNS. The monoisotopic (exact) mass is 275 g/mol. The molecule has 0 radical (unpaired) electrons. The first-order valence-electron chi connectivity index (χ1n) is 5.16. The van der Waals surface area contributed by atoms with E-state index in [1.165, 1.54) is 22.2 Å². The van der Waals surface area contributed by atoms with E-state index in [0.29, 0.717) is 0 Å². The number of hydrogen-bond acceptors (Lipinski definition) is 2. The molecule has 1 N–H and O–H groups in total. The fourth-order valence-corrected chi connectivity index (χ4v) is 3.06. The Bertz CT molecular complexity index is 260. The van der Waals surface area contributed by atoms with Crippen LogP contribution >= 0.6 is 27.3 Å². The smallest absolute Gasteiger partial charge is 0.0314 e. The van der Waals surface area contributed by atoms with Gasteiger partial charge in [-0.3, -0.25) is 0 Å².